The minimum absolute atomic E-state index is 0.132. The molecule has 0 radical (unpaired) electrons. The molecule has 3 rings (SSSR count). The maximum atomic E-state index is 13.3. The molecule has 1 atom stereocenters. The molecule has 0 bridgehead atoms. The highest BCUT2D eigenvalue weighted by molar-refractivity contribution is 5.94. The Balaban J connectivity index is 1.49. The average molecular weight is 389 g/mol. The summed E-state index contributed by atoms with van der Waals surface area (Å²) in [5.41, 5.74) is 0.316. The highest BCUT2D eigenvalue weighted by Crippen LogP contribution is 2.20. The van der Waals surface area contributed by atoms with E-state index in [4.69, 9.17) is 4.52 Å². The van der Waals surface area contributed by atoms with Crippen LogP contribution in [0.4, 0.5) is 10.1 Å². The fourth-order valence-electron chi connectivity index (χ4n) is 3.11. The summed E-state index contributed by atoms with van der Waals surface area (Å²) in [5.74, 6) is 0.834. The molecule has 1 unspecified atom stereocenters. The van der Waals surface area contributed by atoms with Crippen LogP contribution in [0.2, 0.25) is 0 Å². The highest BCUT2D eigenvalue weighted by atomic mass is 19.1. The lowest BCUT2D eigenvalue weighted by Gasteiger charge is -2.36. The number of nitrogens with zero attached hydrogens (tertiary/aromatic N) is 4. The monoisotopic (exact) mass is 389 g/mol. The molecule has 1 aromatic heterocycles. The van der Waals surface area contributed by atoms with E-state index in [2.05, 4.69) is 25.3 Å². The zero-order valence-electron chi connectivity index (χ0n) is 16.9. The fraction of sp³-hybridized carbons (Fsp3) is 0.550. The SMILES string of the molecule is CC(C(=O)Nc1cccc(F)c1)N1CCN(Cc2noc(C(C)(C)C)n2)CC1. The second-order valence-corrected chi connectivity index (χ2v) is 8.25. The van der Waals surface area contributed by atoms with Crippen LogP contribution in [0.3, 0.4) is 0 Å². The molecule has 7 nitrogen and oxygen atoms in total. The van der Waals surface area contributed by atoms with Crippen molar-refractivity contribution in [3.05, 3.63) is 41.8 Å². The number of piperazine rings is 1. The Kier molecular flexibility index (Phi) is 6.10. The van der Waals surface area contributed by atoms with Crippen LogP contribution in [0, 0.1) is 5.82 Å². The van der Waals surface area contributed by atoms with Gasteiger partial charge in [0.1, 0.15) is 5.82 Å². The van der Waals surface area contributed by atoms with Gasteiger partial charge in [0.05, 0.1) is 12.6 Å². The molecule has 152 valence electrons. The Labute approximate surface area is 164 Å². The minimum atomic E-state index is -0.366. The van der Waals surface area contributed by atoms with Gasteiger partial charge in [-0.25, -0.2) is 4.39 Å². The molecule has 8 heteroatoms. The molecule has 0 spiro atoms. The van der Waals surface area contributed by atoms with Crippen molar-refractivity contribution in [1.29, 1.82) is 0 Å². The molecule has 28 heavy (non-hydrogen) atoms. The van der Waals surface area contributed by atoms with E-state index in [1.54, 1.807) is 12.1 Å². The van der Waals surface area contributed by atoms with Crippen molar-refractivity contribution >= 4 is 11.6 Å². The highest BCUT2D eigenvalue weighted by Gasteiger charge is 2.27. The predicted octanol–water partition coefficient (Wildman–Crippen LogP) is 2.65. The van der Waals surface area contributed by atoms with Gasteiger partial charge in [0.25, 0.3) is 0 Å². The van der Waals surface area contributed by atoms with E-state index in [1.807, 2.05) is 27.7 Å². The molecule has 1 aromatic carbocycles. The Bertz CT molecular complexity index is 809. The number of anilines is 1. The van der Waals surface area contributed by atoms with Crippen molar-refractivity contribution in [2.24, 2.45) is 0 Å². The number of benzene rings is 1. The summed E-state index contributed by atoms with van der Waals surface area (Å²) in [5, 5.41) is 6.86. The quantitative estimate of drug-likeness (QED) is 0.847. The summed E-state index contributed by atoms with van der Waals surface area (Å²) >= 11 is 0. The topological polar surface area (TPSA) is 74.5 Å². The van der Waals surface area contributed by atoms with Crippen LogP contribution in [0.5, 0.6) is 0 Å². The van der Waals surface area contributed by atoms with E-state index in [0.29, 0.717) is 23.9 Å². The Hall–Kier alpha value is -2.32. The van der Waals surface area contributed by atoms with Crippen molar-refractivity contribution in [1.82, 2.24) is 19.9 Å². The molecule has 2 heterocycles. The smallest absolute Gasteiger partial charge is 0.241 e. The zero-order valence-corrected chi connectivity index (χ0v) is 16.9. The molecule has 1 aliphatic heterocycles. The fourth-order valence-corrected chi connectivity index (χ4v) is 3.11. The second kappa shape index (κ2) is 8.36. The van der Waals surface area contributed by atoms with Crippen molar-refractivity contribution in [2.45, 2.75) is 45.7 Å². The van der Waals surface area contributed by atoms with Gasteiger partial charge in [-0.15, -0.1) is 0 Å². The molecular weight excluding hydrogens is 361 g/mol. The largest absolute Gasteiger partial charge is 0.339 e. The van der Waals surface area contributed by atoms with Crippen molar-refractivity contribution in [2.75, 3.05) is 31.5 Å². The van der Waals surface area contributed by atoms with E-state index < -0.39 is 0 Å². The van der Waals surface area contributed by atoms with Crippen LogP contribution in [-0.2, 0) is 16.8 Å². The van der Waals surface area contributed by atoms with Gasteiger partial charge in [0.2, 0.25) is 11.8 Å². The number of hydrogen-bond donors (Lipinski definition) is 1. The van der Waals surface area contributed by atoms with Crippen LogP contribution in [0.15, 0.2) is 28.8 Å². The first kappa shape index (κ1) is 20.4. The van der Waals surface area contributed by atoms with Crippen LogP contribution in [0.1, 0.15) is 39.4 Å². The molecule has 1 fully saturated rings. The van der Waals surface area contributed by atoms with Gasteiger partial charge >= 0.3 is 0 Å². The van der Waals surface area contributed by atoms with E-state index in [-0.39, 0.29) is 23.2 Å². The van der Waals surface area contributed by atoms with E-state index in [1.165, 1.54) is 12.1 Å². The molecule has 2 aromatic rings. The first-order chi connectivity index (χ1) is 13.2. The van der Waals surface area contributed by atoms with Crippen LogP contribution in [0.25, 0.3) is 0 Å². The lowest BCUT2D eigenvalue weighted by Crippen LogP contribution is -2.52. The summed E-state index contributed by atoms with van der Waals surface area (Å²) in [6, 6.07) is 5.65. The predicted molar refractivity (Wildman–Crippen MR) is 104 cm³/mol. The maximum absolute atomic E-state index is 13.3. The Morgan fingerprint density at radius 3 is 2.61 bits per heavy atom. The number of halogens is 1. The number of aromatic nitrogens is 2. The third kappa shape index (κ3) is 5.14. The molecule has 0 aliphatic carbocycles. The number of carbonyl (C=O) groups excluding carboxylic acids is 1. The lowest BCUT2D eigenvalue weighted by molar-refractivity contribution is -0.121. The van der Waals surface area contributed by atoms with E-state index >= 15 is 0 Å². The van der Waals surface area contributed by atoms with Crippen LogP contribution < -0.4 is 5.32 Å². The normalized spacial score (nSPS) is 17.5. The average Bonchev–Trinajstić information content (AvgIpc) is 3.11. The molecule has 1 N–H and O–H groups in total. The zero-order chi connectivity index (χ0) is 20.3. The first-order valence-electron chi connectivity index (χ1n) is 9.58. The summed E-state index contributed by atoms with van der Waals surface area (Å²) in [6.07, 6.45) is 0. The Morgan fingerprint density at radius 2 is 2.00 bits per heavy atom. The molecule has 1 saturated heterocycles. The summed E-state index contributed by atoms with van der Waals surface area (Å²) in [7, 11) is 0. The van der Waals surface area contributed by atoms with Gasteiger partial charge in [-0.1, -0.05) is 32.0 Å². The number of hydrogen-bond acceptors (Lipinski definition) is 6. The summed E-state index contributed by atoms with van der Waals surface area (Å²) in [6.45, 7) is 11.8. The third-order valence-corrected chi connectivity index (χ3v) is 4.90. The Morgan fingerprint density at radius 1 is 1.29 bits per heavy atom. The van der Waals surface area contributed by atoms with Gasteiger partial charge in [0.15, 0.2) is 5.82 Å². The number of amides is 1. The van der Waals surface area contributed by atoms with E-state index in [9.17, 15) is 9.18 Å². The van der Waals surface area contributed by atoms with Gasteiger partial charge in [-0.2, -0.15) is 4.98 Å². The van der Waals surface area contributed by atoms with Gasteiger partial charge < -0.3 is 9.84 Å². The standard InChI is InChI=1S/C20H28FN5O2/c1-14(18(27)22-16-7-5-6-15(21)12-16)26-10-8-25(9-11-26)13-17-23-19(28-24-17)20(2,3)4/h5-7,12,14H,8-11,13H2,1-4H3,(H,22,27). The third-order valence-electron chi connectivity index (χ3n) is 4.90. The second-order valence-electron chi connectivity index (χ2n) is 8.25. The van der Waals surface area contributed by atoms with Gasteiger partial charge in [-0.3, -0.25) is 14.6 Å². The van der Waals surface area contributed by atoms with Crippen molar-refractivity contribution in [3.8, 4) is 0 Å². The molecule has 0 saturated carbocycles. The summed E-state index contributed by atoms with van der Waals surface area (Å²) in [4.78, 5) is 21.3. The maximum Gasteiger partial charge on any atom is 0.241 e. The molecule has 1 amide bonds. The van der Waals surface area contributed by atoms with Crippen LogP contribution in [-0.4, -0.2) is 58.1 Å². The lowest BCUT2D eigenvalue weighted by atomic mass is 9.97. The van der Waals surface area contributed by atoms with Gasteiger partial charge in [0, 0.05) is 37.3 Å². The van der Waals surface area contributed by atoms with Gasteiger partial charge in [-0.05, 0) is 25.1 Å². The number of rotatable bonds is 5. The number of nitrogens with one attached hydrogen (secondary N) is 1. The van der Waals surface area contributed by atoms with Crippen molar-refractivity contribution in [3.63, 3.8) is 0 Å². The van der Waals surface area contributed by atoms with Crippen molar-refractivity contribution < 1.29 is 13.7 Å². The van der Waals surface area contributed by atoms with Crippen LogP contribution >= 0.6 is 0 Å². The number of carbonyl (C=O) groups is 1. The first-order valence-corrected chi connectivity index (χ1v) is 9.58. The van der Waals surface area contributed by atoms with E-state index in [0.717, 1.165) is 26.2 Å². The molecule has 1 aliphatic rings. The molecular formula is C20H28FN5O2. The summed E-state index contributed by atoms with van der Waals surface area (Å²) < 4.78 is 18.6. The minimum Gasteiger partial charge on any atom is -0.339 e.